The summed E-state index contributed by atoms with van der Waals surface area (Å²) in [6, 6.07) is 16.0. The molecule has 0 aliphatic carbocycles. The Hall–Kier alpha value is -2.59. The Morgan fingerprint density at radius 2 is 1.72 bits per heavy atom. The number of fused-ring (bicyclic) bond motifs is 3. The number of para-hydroxylation sites is 1. The highest BCUT2D eigenvalue weighted by atomic mass is 35.5. The van der Waals surface area contributed by atoms with Gasteiger partial charge in [-0.3, -0.25) is 0 Å². The van der Waals surface area contributed by atoms with E-state index in [0.29, 0.717) is 23.5 Å². The molecule has 1 aromatic heterocycles. The van der Waals surface area contributed by atoms with Gasteiger partial charge >= 0.3 is 0 Å². The molecule has 0 amide bonds. The summed E-state index contributed by atoms with van der Waals surface area (Å²) in [6.45, 7) is 7.04. The summed E-state index contributed by atoms with van der Waals surface area (Å²) in [5.74, 6) is 2.93. The first-order chi connectivity index (χ1) is 14.1. The third-order valence-corrected chi connectivity index (χ3v) is 5.99. The molecule has 2 atom stereocenters. The maximum atomic E-state index is 6.30. The van der Waals surface area contributed by atoms with Gasteiger partial charge in [-0.2, -0.15) is 0 Å². The number of halogens is 1. The minimum atomic E-state index is 0.460. The minimum Gasteiger partial charge on any atom is -0.488 e. The maximum absolute atomic E-state index is 6.30. The van der Waals surface area contributed by atoms with Crippen LogP contribution in [-0.4, -0.2) is 23.1 Å². The van der Waals surface area contributed by atoms with Gasteiger partial charge in [0.1, 0.15) is 12.4 Å². The molecule has 3 heterocycles. The van der Waals surface area contributed by atoms with Crippen molar-refractivity contribution < 1.29 is 4.74 Å². The second-order valence-corrected chi connectivity index (χ2v) is 8.78. The lowest BCUT2D eigenvalue weighted by Crippen LogP contribution is -2.40. The van der Waals surface area contributed by atoms with Gasteiger partial charge < -0.3 is 9.64 Å². The van der Waals surface area contributed by atoms with E-state index in [1.54, 1.807) is 0 Å². The summed E-state index contributed by atoms with van der Waals surface area (Å²) in [7, 11) is 0. The second kappa shape index (κ2) is 7.34. The molecular weight excluding hydrogens is 382 g/mol. The largest absolute Gasteiger partial charge is 0.488 e. The lowest BCUT2D eigenvalue weighted by molar-refractivity contribution is 0.301. The lowest BCUT2D eigenvalue weighted by Gasteiger charge is -2.36. The van der Waals surface area contributed by atoms with E-state index in [1.165, 1.54) is 6.42 Å². The van der Waals surface area contributed by atoms with Crippen LogP contribution in [0.4, 0.5) is 5.95 Å². The number of hydrogen-bond donors (Lipinski definition) is 0. The van der Waals surface area contributed by atoms with Crippen molar-refractivity contribution in [3.63, 3.8) is 0 Å². The molecule has 29 heavy (non-hydrogen) atoms. The molecule has 3 aromatic rings. The summed E-state index contributed by atoms with van der Waals surface area (Å²) in [4.78, 5) is 12.4. The molecule has 0 spiro atoms. The van der Waals surface area contributed by atoms with Gasteiger partial charge in [-0.25, -0.2) is 9.97 Å². The molecule has 2 aliphatic rings. The Labute approximate surface area is 176 Å². The summed E-state index contributed by atoms with van der Waals surface area (Å²) >= 11 is 6.30. The summed E-state index contributed by atoms with van der Waals surface area (Å²) < 4.78 is 6.04. The molecule has 0 unspecified atom stereocenters. The van der Waals surface area contributed by atoms with E-state index in [4.69, 9.17) is 26.3 Å². The zero-order chi connectivity index (χ0) is 20.0. The topological polar surface area (TPSA) is 38.2 Å². The van der Waals surface area contributed by atoms with E-state index >= 15 is 0 Å². The van der Waals surface area contributed by atoms with Crippen LogP contribution in [0, 0.1) is 11.8 Å². The summed E-state index contributed by atoms with van der Waals surface area (Å²) in [6.07, 6.45) is 1.25. The molecule has 148 valence electrons. The van der Waals surface area contributed by atoms with Crippen LogP contribution in [0.2, 0.25) is 5.02 Å². The van der Waals surface area contributed by atoms with E-state index in [1.807, 2.05) is 36.4 Å². The third kappa shape index (κ3) is 3.46. The van der Waals surface area contributed by atoms with Crippen molar-refractivity contribution in [1.82, 2.24) is 9.97 Å². The monoisotopic (exact) mass is 405 g/mol. The van der Waals surface area contributed by atoms with Crippen molar-refractivity contribution in [2.24, 2.45) is 11.8 Å². The van der Waals surface area contributed by atoms with Crippen LogP contribution in [0.15, 0.2) is 48.5 Å². The summed E-state index contributed by atoms with van der Waals surface area (Å²) in [5, 5.41) is 0.703. The highest BCUT2D eigenvalue weighted by Gasteiger charge is 2.28. The predicted octanol–water partition coefficient (Wildman–Crippen LogP) is 5.84. The lowest BCUT2D eigenvalue weighted by atomic mass is 9.92. The predicted molar refractivity (Wildman–Crippen MR) is 117 cm³/mol. The van der Waals surface area contributed by atoms with Crippen molar-refractivity contribution in [2.75, 3.05) is 18.0 Å². The van der Waals surface area contributed by atoms with Crippen LogP contribution < -0.4 is 9.64 Å². The number of nitrogens with zero attached hydrogens (tertiary/aromatic N) is 3. The van der Waals surface area contributed by atoms with Crippen LogP contribution >= 0.6 is 11.6 Å². The Morgan fingerprint density at radius 1 is 0.966 bits per heavy atom. The molecule has 1 fully saturated rings. The molecule has 0 bridgehead atoms. The minimum absolute atomic E-state index is 0.460. The smallest absolute Gasteiger partial charge is 0.226 e. The first kappa shape index (κ1) is 18.4. The van der Waals surface area contributed by atoms with Crippen LogP contribution in [0.25, 0.3) is 22.5 Å². The molecule has 5 heteroatoms. The fourth-order valence-electron chi connectivity index (χ4n) is 4.61. The standard InChI is InChI=1S/C24H24ClN3O/c1-15-10-16(2)13-28(12-15)24-26-22(17-6-5-7-18(25)11-17)20-14-29-21-9-4-3-8-19(21)23(20)27-24/h3-9,11,15-16H,10,12-14H2,1-2H3/t15-,16+. The molecule has 2 aliphatic heterocycles. The Balaban J connectivity index is 1.71. The van der Waals surface area contributed by atoms with Crippen molar-refractivity contribution >= 4 is 17.5 Å². The number of benzene rings is 2. The Morgan fingerprint density at radius 3 is 2.52 bits per heavy atom. The maximum Gasteiger partial charge on any atom is 0.226 e. The van der Waals surface area contributed by atoms with Crippen LogP contribution in [-0.2, 0) is 6.61 Å². The van der Waals surface area contributed by atoms with Crippen LogP contribution in [0.3, 0.4) is 0 Å². The average molecular weight is 406 g/mol. The number of hydrogen-bond acceptors (Lipinski definition) is 4. The van der Waals surface area contributed by atoms with Gasteiger partial charge in [0, 0.05) is 34.8 Å². The van der Waals surface area contributed by atoms with Gasteiger partial charge in [-0.1, -0.05) is 49.7 Å². The highest BCUT2D eigenvalue weighted by molar-refractivity contribution is 6.30. The van der Waals surface area contributed by atoms with Crippen molar-refractivity contribution in [1.29, 1.82) is 0 Å². The molecule has 5 rings (SSSR count). The van der Waals surface area contributed by atoms with E-state index in [9.17, 15) is 0 Å². The first-order valence-corrected chi connectivity index (χ1v) is 10.6. The molecular formula is C24H24ClN3O. The Kier molecular flexibility index (Phi) is 4.67. The van der Waals surface area contributed by atoms with E-state index in [2.05, 4.69) is 30.9 Å². The van der Waals surface area contributed by atoms with Crippen LogP contribution in [0.5, 0.6) is 5.75 Å². The number of ether oxygens (including phenoxy) is 1. The number of piperidine rings is 1. The van der Waals surface area contributed by atoms with Gasteiger partial charge in [0.05, 0.1) is 11.4 Å². The zero-order valence-electron chi connectivity index (χ0n) is 16.7. The molecule has 0 radical (unpaired) electrons. The molecule has 0 N–H and O–H groups in total. The number of aromatic nitrogens is 2. The molecule has 0 saturated carbocycles. The van der Waals surface area contributed by atoms with Gasteiger partial charge in [-0.15, -0.1) is 0 Å². The van der Waals surface area contributed by atoms with E-state index in [0.717, 1.165) is 52.9 Å². The zero-order valence-corrected chi connectivity index (χ0v) is 17.5. The molecule has 1 saturated heterocycles. The van der Waals surface area contributed by atoms with E-state index in [-0.39, 0.29) is 0 Å². The number of rotatable bonds is 2. The van der Waals surface area contributed by atoms with E-state index < -0.39 is 0 Å². The van der Waals surface area contributed by atoms with Gasteiger partial charge in [0.25, 0.3) is 0 Å². The average Bonchev–Trinajstić information content (AvgIpc) is 2.72. The fourth-order valence-corrected chi connectivity index (χ4v) is 4.80. The Bertz CT molecular complexity index is 1060. The summed E-state index contributed by atoms with van der Waals surface area (Å²) in [5.41, 5.74) is 4.93. The fraction of sp³-hybridized carbons (Fsp3) is 0.333. The molecule has 2 aromatic carbocycles. The van der Waals surface area contributed by atoms with Gasteiger partial charge in [-0.05, 0) is 42.5 Å². The number of anilines is 1. The normalized spacial score (nSPS) is 20.6. The quantitative estimate of drug-likeness (QED) is 0.537. The van der Waals surface area contributed by atoms with Crippen LogP contribution in [0.1, 0.15) is 25.8 Å². The third-order valence-electron chi connectivity index (χ3n) is 5.76. The highest BCUT2D eigenvalue weighted by Crippen LogP contribution is 2.41. The van der Waals surface area contributed by atoms with Crippen molar-refractivity contribution in [2.45, 2.75) is 26.9 Å². The van der Waals surface area contributed by atoms with Crippen molar-refractivity contribution in [3.05, 3.63) is 59.1 Å². The van der Waals surface area contributed by atoms with Gasteiger partial charge in [0.2, 0.25) is 5.95 Å². The van der Waals surface area contributed by atoms with Crippen molar-refractivity contribution in [3.8, 4) is 28.3 Å². The second-order valence-electron chi connectivity index (χ2n) is 8.35. The molecule has 4 nitrogen and oxygen atoms in total. The first-order valence-electron chi connectivity index (χ1n) is 10.2. The van der Waals surface area contributed by atoms with Gasteiger partial charge in [0.15, 0.2) is 0 Å². The SMILES string of the molecule is C[C@@H]1C[C@H](C)CN(c2nc(-c3cccc(Cl)c3)c3c(n2)-c2ccccc2OC3)C1.